The Morgan fingerprint density at radius 3 is 2.44 bits per heavy atom. The zero-order valence-corrected chi connectivity index (χ0v) is 10.6. The van der Waals surface area contributed by atoms with E-state index in [9.17, 15) is 0 Å². The third-order valence-electron chi connectivity index (χ3n) is 2.85. The molecule has 2 heteroatoms. The maximum atomic E-state index is 5.65. The lowest BCUT2D eigenvalue weighted by Crippen LogP contribution is -2.30. The average molecular weight is 221 g/mol. The fourth-order valence-corrected chi connectivity index (χ4v) is 1.82. The molecule has 0 bridgehead atoms. The maximum Gasteiger partial charge on any atom is 0.119 e. The Morgan fingerprint density at radius 2 is 1.88 bits per heavy atom. The molecule has 2 nitrogen and oxygen atoms in total. The molecule has 0 spiro atoms. The van der Waals surface area contributed by atoms with E-state index in [4.69, 9.17) is 4.74 Å². The monoisotopic (exact) mass is 221 g/mol. The van der Waals surface area contributed by atoms with E-state index in [1.807, 2.05) is 37.4 Å². The minimum Gasteiger partial charge on any atom is -0.494 e. The summed E-state index contributed by atoms with van der Waals surface area (Å²) in [5.41, 5.74) is 0. The maximum absolute atomic E-state index is 5.65. The number of rotatable bonds is 7. The lowest BCUT2D eigenvalue weighted by Gasteiger charge is -2.19. The molecule has 0 saturated carbocycles. The zero-order valence-electron chi connectivity index (χ0n) is 10.6. The fourth-order valence-electron chi connectivity index (χ4n) is 1.82. The van der Waals surface area contributed by atoms with Crippen LogP contribution in [-0.4, -0.2) is 19.7 Å². The predicted octanol–water partition coefficient (Wildman–Crippen LogP) is 3.09. The van der Waals surface area contributed by atoms with Crippen molar-refractivity contribution in [2.45, 2.75) is 32.7 Å². The topological polar surface area (TPSA) is 21.3 Å². The molecule has 0 aromatic heterocycles. The van der Waals surface area contributed by atoms with Crippen molar-refractivity contribution in [3.8, 4) is 5.75 Å². The van der Waals surface area contributed by atoms with Gasteiger partial charge in [0.05, 0.1) is 6.61 Å². The lowest BCUT2D eigenvalue weighted by atomic mass is 10.00. The van der Waals surface area contributed by atoms with Crippen LogP contribution < -0.4 is 10.1 Å². The Balaban J connectivity index is 2.16. The summed E-state index contributed by atoms with van der Waals surface area (Å²) >= 11 is 0. The van der Waals surface area contributed by atoms with Crippen molar-refractivity contribution in [3.05, 3.63) is 30.3 Å². The molecular formula is C14H23NO. The molecule has 0 saturated heterocycles. The number of hydrogen-bond acceptors (Lipinski definition) is 2. The van der Waals surface area contributed by atoms with E-state index >= 15 is 0 Å². The molecule has 0 aliphatic carbocycles. The molecule has 1 N–H and O–H groups in total. The van der Waals surface area contributed by atoms with E-state index < -0.39 is 0 Å². The van der Waals surface area contributed by atoms with Gasteiger partial charge in [0.1, 0.15) is 5.75 Å². The molecule has 90 valence electrons. The normalized spacial score (nSPS) is 12.8. The van der Waals surface area contributed by atoms with Gasteiger partial charge in [0.2, 0.25) is 0 Å². The highest BCUT2D eigenvalue weighted by Gasteiger charge is 2.09. The summed E-state index contributed by atoms with van der Waals surface area (Å²) in [7, 11) is 2.03. The van der Waals surface area contributed by atoms with Crippen molar-refractivity contribution in [3.63, 3.8) is 0 Å². The highest BCUT2D eigenvalue weighted by molar-refractivity contribution is 5.20. The van der Waals surface area contributed by atoms with Crippen LogP contribution in [0, 0.1) is 5.92 Å². The third-order valence-corrected chi connectivity index (χ3v) is 2.85. The Morgan fingerprint density at radius 1 is 1.19 bits per heavy atom. The van der Waals surface area contributed by atoms with Crippen LogP contribution in [-0.2, 0) is 0 Å². The second-order valence-electron chi connectivity index (χ2n) is 4.44. The largest absolute Gasteiger partial charge is 0.494 e. The van der Waals surface area contributed by atoms with Crippen molar-refractivity contribution in [2.24, 2.45) is 5.92 Å². The smallest absolute Gasteiger partial charge is 0.119 e. The molecule has 0 fully saturated rings. The van der Waals surface area contributed by atoms with Gasteiger partial charge in [-0.25, -0.2) is 0 Å². The van der Waals surface area contributed by atoms with Crippen molar-refractivity contribution < 1.29 is 4.74 Å². The second kappa shape index (κ2) is 7.29. The van der Waals surface area contributed by atoms with Gasteiger partial charge in [-0.15, -0.1) is 0 Å². The predicted molar refractivity (Wildman–Crippen MR) is 68.9 cm³/mol. The Bertz CT molecular complexity index is 271. The summed E-state index contributed by atoms with van der Waals surface area (Å²) in [4.78, 5) is 0. The van der Waals surface area contributed by atoms with E-state index in [0.717, 1.165) is 18.8 Å². The van der Waals surface area contributed by atoms with Gasteiger partial charge in [0.15, 0.2) is 0 Å². The van der Waals surface area contributed by atoms with Crippen LogP contribution in [0.1, 0.15) is 26.7 Å². The first-order valence-electron chi connectivity index (χ1n) is 6.09. The summed E-state index contributed by atoms with van der Waals surface area (Å²) in [5, 5.41) is 3.34. The van der Waals surface area contributed by atoms with Crippen LogP contribution in [0.5, 0.6) is 5.75 Å². The van der Waals surface area contributed by atoms with Crippen LogP contribution in [0.4, 0.5) is 0 Å². The molecule has 1 unspecified atom stereocenters. The van der Waals surface area contributed by atoms with Crippen LogP contribution in [0.2, 0.25) is 0 Å². The number of para-hydroxylation sites is 1. The molecule has 0 aliphatic rings. The quantitative estimate of drug-likeness (QED) is 0.714. The lowest BCUT2D eigenvalue weighted by molar-refractivity contribution is 0.285. The van der Waals surface area contributed by atoms with Gasteiger partial charge in [0, 0.05) is 6.04 Å². The summed E-state index contributed by atoms with van der Waals surface area (Å²) in [6.45, 7) is 5.30. The molecule has 16 heavy (non-hydrogen) atoms. The second-order valence-corrected chi connectivity index (χ2v) is 4.44. The van der Waals surface area contributed by atoms with Gasteiger partial charge in [-0.1, -0.05) is 32.0 Å². The SMILES string of the molecule is CNC(CCCOc1ccccc1)C(C)C. The minimum atomic E-state index is 0.597. The van der Waals surface area contributed by atoms with Gasteiger partial charge >= 0.3 is 0 Å². The van der Waals surface area contributed by atoms with E-state index in [2.05, 4.69) is 19.2 Å². The number of nitrogens with one attached hydrogen (secondary N) is 1. The number of ether oxygens (including phenoxy) is 1. The molecule has 0 amide bonds. The van der Waals surface area contributed by atoms with Crippen LogP contribution in [0.3, 0.4) is 0 Å². The molecule has 1 atom stereocenters. The van der Waals surface area contributed by atoms with E-state index in [1.165, 1.54) is 6.42 Å². The van der Waals surface area contributed by atoms with Gasteiger partial charge in [-0.3, -0.25) is 0 Å². The first-order chi connectivity index (χ1) is 7.74. The average Bonchev–Trinajstić information content (AvgIpc) is 2.30. The molecule has 1 aromatic rings. The van der Waals surface area contributed by atoms with Crippen molar-refractivity contribution in [1.82, 2.24) is 5.32 Å². The van der Waals surface area contributed by atoms with Crippen molar-refractivity contribution in [1.29, 1.82) is 0 Å². The van der Waals surface area contributed by atoms with Gasteiger partial charge < -0.3 is 10.1 Å². The summed E-state index contributed by atoms with van der Waals surface area (Å²) < 4.78 is 5.65. The molecule has 0 aliphatic heterocycles. The summed E-state index contributed by atoms with van der Waals surface area (Å²) in [6.07, 6.45) is 2.26. The molecular weight excluding hydrogens is 198 g/mol. The van der Waals surface area contributed by atoms with E-state index in [0.29, 0.717) is 12.0 Å². The molecule has 1 rings (SSSR count). The highest BCUT2D eigenvalue weighted by Crippen LogP contribution is 2.11. The van der Waals surface area contributed by atoms with E-state index in [-0.39, 0.29) is 0 Å². The molecule has 1 aromatic carbocycles. The Labute approximate surface area is 99.0 Å². The van der Waals surface area contributed by atoms with Gasteiger partial charge in [-0.05, 0) is 37.9 Å². The zero-order chi connectivity index (χ0) is 11.8. The first-order valence-corrected chi connectivity index (χ1v) is 6.09. The number of benzene rings is 1. The minimum absolute atomic E-state index is 0.597. The van der Waals surface area contributed by atoms with Gasteiger partial charge in [-0.2, -0.15) is 0 Å². The van der Waals surface area contributed by atoms with Crippen LogP contribution in [0.25, 0.3) is 0 Å². The summed E-state index contributed by atoms with van der Waals surface area (Å²) in [5.74, 6) is 1.65. The number of hydrogen-bond donors (Lipinski definition) is 1. The van der Waals surface area contributed by atoms with Gasteiger partial charge in [0.25, 0.3) is 0 Å². The Kier molecular flexibility index (Phi) is 5.94. The first kappa shape index (κ1) is 13.0. The third kappa shape index (κ3) is 4.67. The van der Waals surface area contributed by atoms with E-state index in [1.54, 1.807) is 0 Å². The fraction of sp³-hybridized carbons (Fsp3) is 0.571. The Hall–Kier alpha value is -1.02. The van der Waals surface area contributed by atoms with Crippen molar-refractivity contribution >= 4 is 0 Å². The van der Waals surface area contributed by atoms with Crippen LogP contribution in [0.15, 0.2) is 30.3 Å². The standard InChI is InChI=1S/C14H23NO/c1-12(2)14(15-3)10-7-11-16-13-8-5-4-6-9-13/h4-6,8-9,12,14-15H,7,10-11H2,1-3H3. The van der Waals surface area contributed by atoms with Crippen LogP contribution >= 0.6 is 0 Å². The molecule has 0 heterocycles. The highest BCUT2D eigenvalue weighted by atomic mass is 16.5. The summed E-state index contributed by atoms with van der Waals surface area (Å²) in [6, 6.07) is 10.6. The van der Waals surface area contributed by atoms with Crippen molar-refractivity contribution in [2.75, 3.05) is 13.7 Å². The molecule has 0 radical (unpaired) electrons.